The Morgan fingerprint density at radius 3 is 2.54 bits per heavy atom. The number of halogens is 5. The van der Waals surface area contributed by atoms with Crippen LogP contribution in [0.25, 0.3) is 11.3 Å². The van der Waals surface area contributed by atoms with Crippen molar-refractivity contribution >= 4 is 29.4 Å². The Balaban J connectivity index is 1.42. The number of carbonyl (C=O) groups excluding carboxylic acids is 2. The zero-order valence-electron chi connectivity index (χ0n) is 24.5. The summed E-state index contributed by atoms with van der Waals surface area (Å²) in [5.41, 5.74) is -2.48. The molecule has 0 bridgehead atoms. The third-order valence-electron chi connectivity index (χ3n) is 8.92. The molecule has 240 valence electrons. The lowest BCUT2D eigenvalue weighted by Crippen LogP contribution is -2.38. The van der Waals surface area contributed by atoms with Crippen LogP contribution < -0.4 is 0 Å². The van der Waals surface area contributed by atoms with E-state index in [1.807, 2.05) is 0 Å². The van der Waals surface area contributed by atoms with Gasteiger partial charge < -0.3 is 10.0 Å². The van der Waals surface area contributed by atoms with Gasteiger partial charge in [0.25, 0.3) is 5.91 Å². The Kier molecular flexibility index (Phi) is 7.99. The average molecular weight is 658 g/mol. The maximum Gasteiger partial charge on any atom is 0.398 e. The van der Waals surface area contributed by atoms with E-state index in [-0.39, 0.29) is 70.3 Å². The maximum atomic E-state index is 15.3. The standard InChI is InChI=1S/C32H28ClF4N5O4/c1-40(14-15-41-13-3-12-38-41)28(43)18-6-9-21-25(17-18)42(39-27(21)20-8-7-19(30(45)46)16-24(20)34)29(44)26-22(4-2-5-23(26)33)31(10-11-31)32(35,36)37/h2-5,7-8,12-13,16,18H,6,9-11,14-15,17H2,1H3,(H,45,46). The van der Waals surface area contributed by atoms with Gasteiger partial charge in [0.2, 0.25) is 5.91 Å². The minimum atomic E-state index is -4.63. The SMILES string of the molecule is CN(CCn1cccn1)C(=O)C1CCc2c(-c3ccc(C(=O)O)cc3F)nn(C(=O)c3c(Cl)cccc3C3(C(F)(F)F)CC3)c2C1. The van der Waals surface area contributed by atoms with Gasteiger partial charge in [-0.2, -0.15) is 28.1 Å². The summed E-state index contributed by atoms with van der Waals surface area (Å²) >= 11 is 6.42. The Morgan fingerprint density at radius 2 is 1.91 bits per heavy atom. The van der Waals surface area contributed by atoms with Crippen LogP contribution in [0.15, 0.2) is 54.9 Å². The zero-order valence-corrected chi connectivity index (χ0v) is 25.3. The van der Waals surface area contributed by atoms with Crippen molar-refractivity contribution in [3.05, 3.63) is 93.6 Å². The Morgan fingerprint density at radius 1 is 1.15 bits per heavy atom. The van der Waals surface area contributed by atoms with Crippen molar-refractivity contribution in [1.29, 1.82) is 0 Å². The number of nitrogens with zero attached hydrogens (tertiary/aromatic N) is 5. The summed E-state index contributed by atoms with van der Waals surface area (Å²) in [7, 11) is 1.65. The molecule has 2 aliphatic rings. The van der Waals surface area contributed by atoms with Crippen molar-refractivity contribution < 1.29 is 37.1 Å². The molecule has 2 aromatic carbocycles. The molecule has 2 aliphatic carbocycles. The summed E-state index contributed by atoms with van der Waals surface area (Å²) < 4.78 is 60.7. The molecule has 0 aliphatic heterocycles. The highest BCUT2D eigenvalue weighted by molar-refractivity contribution is 6.34. The van der Waals surface area contributed by atoms with Gasteiger partial charge in [-0.05, 0) is 61.6 Å². The molecule has 0 radical (unpaired) electrons. The molecular formula is C32H28ClF4N5O4. The lowest BCUT2D eigenvalue weighted by molar-refractivity contribution is -0.160. The molecule has 2 aromatic heterocycles. The molecule has 1 amide bonds. The second-order valence-corrected chi connectivity index (χ2v) is 12.1. The summed E-state index contributed by atoms with van der Waals surface area (Å²) in [5, 5.41) is 17.7. The van der Waals surface area contributed by atoms with E-state index in [1.54, 1.807) is 35.1 Å². The minimum absolute atomic E-state index is 0.0119. The van der Waals surface area contributed by atoms with Gasteiger partial charge in [-0.1, -0.05) is 23.7 Å². The molecule has 14 heteroatoms. The van der Waals surface area contributed by atoms with Gasteiger partial charge in [0.1, 0.15) is 5.82 Å². The molecule has 1 fully saturated rings. The first kappa shape index (κ1) is 31.5. The number of hydrogen-bond donors (Lipinski definition) is 1. The number of alkyl halides is 3. The number of aromatic nitrogens is 4. The number of carbonyl (C=O) groups is 3. The molecule has 1 unspecified atom stereocenters. The van der Waals surface area contributed by atoms with E-state index in [2.05, 4.69) is 10.2 Å². The van der Waals surface area contributed by atoms with E-state index >= 15 is 4.39 Å². The number of carboxylic acid groups (broad SMARTS) is 1. The largest absolute Gasteiger partial charge is 0.478 e. The number of rotatable bonds is 8. The van der Waals surface area contributed by atoms with Gasteiger partial charge in [0.15, 0.2) is 0 Å². The van der Waals surface area contributed by atoms with Crippen LogP contribution in [0.4, 0.5) is 17.6 Å². The molecule has 2 heterocycles. The molecule has 9 nitrogen and oxygen atoms in total. The maximum absolute atomic E-state index is 15.3. The number of aromatic carboxylic acids is 1. The minimum Gasteiger partial charge on any atom is -0.478 e. The number of fused-ring (bicyclic) bond motifs is 1. The molecule has 1 atom stereocenters. The molecule has 1 saturated carbocycles. The number of benzene rings is 2. The highest BCUT2D eigenvalue weighted by Crippen LogP contribution is 2.60. The Bertz CT molecular complexity index is 1850. The first-order valence-corrected chi connectivity index (χ1v) is 15.0. The van der Waals surface area contributed by atoms with E-state index in [1.165, 1.54) is 30.3 Å². The van der Waals surface area contributed by atoms with Crippen molar-refractivity contribution in [2.75, 3.05) is 13.6 Å². The summed E-state index contributed by atoms with van der Waals surface area (Å²) in [6.07, 6.45) is -1.08. The van der Waals surface area contributed by atoms with Crippen LogP contribution in [0.3, 0.4) is 0 Å². The van der Waals surface area contributed by atoms with Crippen LogP contribution in [-0.4, -0.2) is 67.1 Å². The van der Waals surface area contributed by atoms with Crippen molar-refractivity contribution in [2.45, 2.75) is 50.2 Å². The van der Waals surface area contributed by atoms with E-state index in [9.17, 15) is 32.7 Å². The highest BCUT2D eigenvalue weighted by atomic mass is 35.5. The smallest absolute Gasteiger partial charge is 0.398 e. The molecule has 6 rings (SSSR count). The summed E-state index contributed by atoms with van der Waals surface area (Å²) in [4.78, 5) is 40.7. The Labute approximate surface area is 265 Å². The highest BCUT2D eigenvalue weighted by Gasteiger charge is 2.65. The van der Waals surface area contributed by atoms with Crippen LogP contribution in [0.2, 0.25) is 5.02 Å². The fourth-order valence-corrected chi connectivity index (χ4v) is 6.49. The second kappa shape index (κ2) is 11.7. The molecular weight excluding hydrogens is 630 g/mol. The lowest BCUT2D eigenvalue weighted by Gasteiger charge is -2.27. The lowest BCUT2D eigenvalue weighted by atomic mass is 9.84. The van der Waals surface area contributed by atoms with Crippen molar-refractivity contribution in [3.63, 3.8) is 0 Å². The van der Waals surface area contributed by atoms with E-state index < -0.39 is 35.2 Å². The van der Waals surface area contributed by atoms with Gasteiger partial charge in [-0.15, -0.1) is 0 Å². The topological polar surface area (TPSA) is 110 Å². The molecule has 46 heavy (non-hydrogen) atoms. The number of likely N-dealkylation sites (N-methyl/N-ethyl adjacent to an activating group) is 1. The third kappa shape index (κ3) is 5.46. The van der Waals surface area contributed by atoms with E-state index in [0.29, 0.717) is 25.1 Å². The summed E-state index contributed by atoms with van der Waals surface area (Å²) in [5.74, 6) is -3.97. The van der Waals surface area contributed by atoms with Gasteiger partial charge in [-0.3, -0.25) is 14.3 Å². The number of carboxylic acids is 1. The van der Waals surface area contributed by atoms with E-state index in [0.717, 1.165) is 10.7 Å². The molecule has 1 N–H and O–H groups in total. The van der Waals surface area contributed by atoms with Crippen LogP contribution in [0.1, 0.15) is 56.8 Å². The van der Waals surface area contributed by atoms with Crippen LogP contribution >= 0.6 is 11.6 Å². The fraction of sp³-hybridized carbons (Fsp3) is 0.344. The predicted molar refractivity (Wildman–Crippen MR) is 158 cm³/mol. The first-order chi connectivity index (χ1) is 21.8. The van der Waals surface area contributed by atoms with Crippen LogP contribution in [0.5, 0.6) is 0 Å². The van der Waals surface area contributed by atoms with Gasteiger partial charge in [0.05, 0.1) is 39.5 Å². The fourth-order valence-electron chi connectivity index (χ4n) is 6.23. The van der Waals surface area contributed by atoms with E-state index in [4.69, 9.17) is 11.6 Å². The normalized spacial score (nSPS) is 17.0. The zero-order chi connectivity index (χ0) is 33.0. The summed E-state index contributed by atoms with van der Waals surface area (Å²) in [6, 6.07) is 8.96. The molecule has 0 saturated heterocycles. The van der Waals surface area contributed by atoms with Crippen LogP contribution in [-0.2, 0) is 29.6 Å². The summed E-state index contributed by atoms with van der Waals surface area (Å²) in [6.45, 7) is 0.812. The van der Waals surface area contributed by atoms with Gasteiger partial charge in [-0.25, -0.2) is 9.18 Å². The molecule has 4 aromatic rings. The van der Waals surface area contributed by atoms with Gasteiger partial charge >= 0.3 is 12.1 Å². The van der Waals surface area contributed by atoms with Crippen molar-refractivity contribution in [2.24, 2.45) is 5.92 Å². The average Bonchev–Trinajstić information content (AvgIpc) is 3.53. The number of amides is 1. The van der Waals surface area contributed by atoms with Crippen molar-refractivity contribution in [1.82, 2.24) is 24.5 Å². The second-order valence-electron chi connectivity index (χ2n) is 11.7. The molecule has 0 spiro atoms. The Hall–Kier alpha value is -4.52. The predicted octanol–water partition coefficient (Wildman–Crippen LogP) is 5.78. The monoisotopic (exact) mass is 657 g/mol. The van der Waals surface area contributed by atoms with Crippen LogP contribution in [0, 0.1) is 11.7 Å². The quantitative estimate of drug-likeness (QED) is 0.241. The first-order valence-electron chi connectivity index (χ1n) is 14.6. The van der Waals surface area contributed by atoms with Crippen molar-refractivity contribution in [3.8, 4) is 11.3 Å². The van der Waals surface area contributed by atoms with Gasteiger partial charge in [0, 0.05) is 49.5 Å². The number of hydrogen-bond acceptors (Lipinski definition) is 5. The third-order valence-corrected chi connectivity index (χ3v) is 9.24.